The lowest BCUT2D eigenvalue weighted by Crippen LogP contribution is -2.53. The van der Waals surface area contributed by atoms with Crippen molar-refractivity contribution in [3.8, 4) is 0 Å². The van der Waals surface area contributed by atoms with Gasteiger partial charge in [-0.3, -0.25) is 4.90 Å². The van der Waals surface area contributed by atoms with E-state index in [0.717, 1.165) is 6.42 Å². The maximum Gasteiger partial charge on any atom is 0.407 e. The van der Waals surface area contributed by atoms with E-state index < -0.39 is 5.60 Å². The summed E-state index contributed by atoms with van der Waals surface area (Å²) >= 11 is 0. The Kier molecular flexibility index (Phi) is 4.71. The second-order valence-electron chi connectivity index (χ2n) is 6.85. The van der Waals surface area contributed by atoms with Crippen molar-refractivity contribution in [1.82, 2.24) is 10.2 Å². The summed E-state index contributed by atoms with van der Waals surface area (Å²) in [5.41, 5.74) is -0.415. The normalized spacial score (nSPS) is 29.2. The van der Waals surface area contributed by atoms with Gasteiger partial charge in [-0.25, -0.2) is 4.79 Å². The van der Waals surface area contributed by atoms with Gasteiger partial charge in [0.1, 0.15) is 5.60 Å². The van der Waals surface area contributed by atoms with E-state index in [4.69, 9.17) is 4.74 Å². The molecule has 0 spiro atoms. The summed E-state index contributed by atoms with van der Waals surface area (Å²) in [7, 11) is 0. The van der Waals surface area contributed by atoms with E-state index in [9.17, 15) is 4.79 Å². The SMILES string of the molecule is CC(C)(C)OC(=O)N[C@H]1CCCC[C@H]1N1CCCC1. The minimum atomic E-state index is -0.415. The Morgan fingerprint density at radius 2 is 1.74 bits per heavy atom. The first-order valence-electron chi connectivity index (χ1n) is 7.69. The van der Waals surface area contributed by atoms with E-state index in [2.05, 4.69) is 10.2 Å². The first-order chi connectivity index (χ1) is 8.96. The number of hydrogen-bond acceptors (Lipinski definition) is 3. The van der Waals surface area contributed by atoms with Gasteiger partial charge in [-0.1, -0.05) is 12.8 Å². The van der Waals surface area contributed by atoms with Crippen molar-refractivity contribution in [1.29, 1.82) is 0 Å². The van der Waals surface area contributed by atoms with Crippen LogP contribution in [0, 0.1) is 0 Å². The van der Waals surface area contributed by atoms with E-state index in [1.807, 2.05) is 20.8 Å². The fourth-order valence-electron chi connectivity index (χ4n) is 3.25. The Hall–Kier alpha value is -0.770. The molecular weight excluding hydrogens is 240 g/mol. The fourth-order valence-corrected chi connectivity index (χ4v) is 3.25. The third-order valence-electron chi connectivity index (χ3n) is 4.04. The molecule has 4 heteroatoms. The van der Waals surface area contributed by atoms with Gasteiger partial charge in [0.05, 0.1) is 0 Å². The number of amides is 1. The van der Waals surface area contributed by atoms with Gasteiger partial charge >= 0.3 is 6.09 Å². The van der Waals surface area contributed by atoms with Gasteiger partial charge in [-0.05, 0) is 59.5 Å². The Balaban J connectivity index is 1.90. The van der Waals surface area contributed by atoms with Crippen LogP contribution in [-0.4, -0.2) is 41.8 Å². The lowest BCUT2D eigenvalue weighted by Gasteiger charge is -2.38. The summed E-state index contributed by atoms with van der Waals surface area (Å²) in [5, 5.41) is 3.10. The molecule has 0 bridgehead atoms. The molecule has 2 rings (SSSR count). The van der Waals surface area contributed by atoms with Crippen LogP contribution in [0.3, 0.4) is 0 Å². The fraction of sp³-hybridized carbons (Fsp3) is 0.933. The number of nitrogens with one attached hydrogen (secondary N) is 1. The van der Waals surface area contributed by atoms with Gasteiger partial charge in [0.2, 0.25) is 0 Å². The highest BCUT2D eigenvalue weighted by Crippen LogP contribution is 2.26. The van der Waals surface area contributed by atoms with Crippen molar-refractivity contribution in [3.05, 3.63) is 0 Å². The molecule has 1 saturated carbocycles. The van der Waals surface area contributed by atoms with Crippen LogP contribution in [0.4, 0.5) is 4.79 Å². The quantitative estimate of drug-likeness (QED) is 0.837. The van der Waals surface area contributed by atoms with Crippen LogP contribution in [0.2, 0.25) is 0 Å². The Morgan fingerprint density at radius 3 is 2.37 bits per heavy atom. The molecule has 0 aromatic rings. The number of carbonyl (C=O) groups is 1. The maximum absolute atomic E-state index is 11.9. The molecule has 2 aliphatic rings. The van der Waals surface area contributed by atoms with Crippen molar-refractivity contribution in [2.45, 2.75) is 77.0 Å². The largest absolute Gasteiger partial charge is 0.444 e. The monoisotopic (exact) mass is 268 g/mol. The number of likely N-dealkylation sites (tertiary alicyclic amines) is 1. The molecule has 0 aromatic heterocycles. The van der Waals surface area contributed by atoms with Crippen LogP contribution in [-0.2, 0) is 4.74 Å². The predicted molar refractivity (Wildman–Crippen MR) is 76.2 cm³/mol. The van der Waals surface area contributed by atoms with Crippen LogP contribution in [0.25, 0.3) is 0 Å². The zero-order valence-electron chi connectivity index (χ0n) is 12.6. The number of hydrogen-bond donors (Lipinski definition) is 1. The van der Waals surface area contributed by atoms with E-state index in [1.165, 1.54) is 45.2 Å². The minimum absolute atomic E-state index is 0.261. The summed E-state index contributed by atoms with van der Waals surface area (Å²) in [6, 6.07) is 0.783. The summed E-state index contributed by atoms with van der Waals surface area (Å²) in [6.45, 7) is 8.11. The standard InChI is InChI=1S/C15H28N2O2/c1-15(2,3)19-14(18)16-12-8-4-5-9-13(12)17-10-6-7-11-17/h12-13H,4-11H2,1-3H3,(H,16,18)/t12-,13+/m0/s1. The van der Waals surface area contributed by atoms with Crippen LogP contribution in [0.5, 0.6) is 0 Å². The van der Waals surface area contributed by atoms with Gasteiger partial charge in [-0.15, -0.1) is 0 Å². The smallest absolute Gasteiger partial charge is 0.407 e. The topological polar surface area (TPSA) is 41.6 Å². The lowest BCUT2D eigenvalue weighted by molar-refractivity contribution is 0.0439. The molecule has 4 nitrogen and oxygen atoms in total. The molecule has 1 aliphatic heterocycles. The maximum atomic E-state index is 11.9. The van der Waals surface area contributed by atoms with Crippen LogP contribution in [0.1, 0.15) is 59.3 Å². The van der Waals surface area contributed by atoms with E-state index in [1.54, 1.807) is 0 Å². The molecule has 0 radical (unpaired) electrons. The highest BCUT2D eigenvalue weighted by atomic mass is 16.6. The highest BCUT2D eigenvalue weighted by Gasteiger charge is 2.33. The zero-order chi connectivity index (χ0) is 13.9. The molecule has 19 heavy (non-hydrogen) atoms. The van der Waals surface area contributed by atoms with Crippen molar-refractivity contribution in [2.24, 2.45) is 0 Å². The number of alkyl carbamates (subject to hydrolysis) is 1. The molecule has 2 atom stereocenters. The van der Waals surface area contributed by atoms with Gasteiger partial charge < -0.3 is 10.1 Å². The van der Waals surface area contributed by atoms with Crippen molar-refractivity contribution < 1.29 is 9.53 Å². The number of rotatable bonds is 2. The Morgan fingerprint density at radius 1 is 1.11 bits per heavy atom. The second kappa shape index (κ2) is 6.12. The van der Waals surface area contributed by atoms with Crippen LogP contribution >= 0.6 is 0 Å². The molecular formula is C15H28N2O2. The first kappa shape index (κ1) is 14.6. The lowest BCUT2D eigenvalue weighted by atomic mass is 9.89. The highest BCUT2D eigenvalue weighted by molar-refractivity contribution is 5.68. The molecule has 2 fully saturated rings. The number of carbonyl (C=O) groups excluding carboxylic acids is 1. The van der Waals surface area contributed by atoms with Gasteiger partial charge in [-0.2, -0.15) is 0 Å². The van der Waals surface area contributed by atoms with Gasteiger partial charge in [0.25, 0.3) is 0 Å². The third kappa shape index (κ3) is 4.37. The summed E-state index contributed by atoms with van der Waals surface area (Å²) in [6.07, 6.45) is 7.13. The van der Waals surface area contributed by atoms with Gasteiger partial charge in [0, 0.05) is 12.1 Å². The molecule has 1 aliphatic carbocycles. The molecule has 0 unspecified atom stereocenters. The molecule has 110 valence electrons. The Bertz CT molecular complexity index is 306. The van der Waals surface area contributed by atoms with Crippen molar-refractivity contribution in [3.63, 3.8) is 0 Å². The molecule has 1 amide bonds. The molecule has 1 heterocycles. The molecule has 1 saturated heterocycles. The van der Waals surface area contributed by atoms with Crippen LogP contribution in [0.15, 0.2) is 0 Å². The van der Waals surface area contributed by atoms with Gasteiger partial charge in [0.15, 0.2) is 0 Å². The minimum Gasteiger partial charge on any atom is -0.444 e. The van der Waals surface area contributed by atoms with E-state index in [-0.39, 0.29) is 12.1 Å². The second-order valence-corrected chi connectivity index (χ2v) is 6.85. The van der Waals surface area contributed by atoms with Crippen molar-refractivity contribution in [2.75, 3.05) is 13.1 Å². The number of nitrogens with zero attached hydrogens (tertiary/aromatic N) is 1. The average Bonchev–Trinajstić information content (AvgIpc) is 2.80. The van der Waals surface area contributed by atoms with Crippen LogP contribution < -0.4 is 5.32 Å². The molecule has 1 N–H and O–H groups in total. The van der Waals surface area contributed by atoms with E-state index >= 15 is 0 Å². The van der Waals surface area contributed by atoms with E-state index in [0.29, 0.717) is 6.04 Å². The average molecular weight is 268 g/mol. The van der Waals surface area contributed by atoms with Crippen molar-refractivity contribution >= 4 is 6.09 Å². The Labute approximate surface area is 116 Å². The summed E-state index contributed by atoms with van der Waals surface area (Å²) in [4.78, 5) is 14.5. The zero-order valence-corrected chi connectivity index (χ0v) is 12.6. The molecule has 0 aromatic carbocycles. The first-order valence-corrected chi connectivity index (χ1v) is 7.69. The number of ether oxygens (including phenoxy) is 1. The summed E-state index contributed by atoms with van der Waals surface area (Å²) in [5.74, 6) is 0. The summed E-state index contributed by atoms with van der Waals surface area (Å²) < 4.78 is 5.38. The third-order valence-corrected chi connectivity index (χ3v) is 4.04. The predicted octanol–water partition coefficient (Wildman–Crippen LogP) is 2.92.